The molecule has 0 unspecified atom stereocenters. The summed E-state index contributed by atoms with van der Waals surface area (Å²) in [5.41, 5.74) is 0. The first kappa shape index (κ1) is 14.2. The molecule has 1 saturated heterocycles. The Kier molecular flexibility index (Phi) is 4.63. The second-order valence-electron chi connectivity index (χ2n) is 4.51. The monoisotopic (exact) mass is 380 g/mol. The van der Waals surface area contributed by atoms with Crippen molar-refractivity contribution in [2.45, 2.75) is 11.3 Å². The van der Waals surface area contributed by atoms with Gasteiger partial charge in [0.25, 0.3) is 0 Å². The maximum atomic E-state index is 12.5. The zero-order chi connectivity index (χ0) is 13.2. The van der Waals surface area contributed by atoms with E-state index in [4.69, 9.17) is 0 Å². The van der Waals surface area contributed by atoms with Crippen LogP contribution in [0.4, 0.5) is 0 Å². The molecular formula is C12H17IN2O2S. The summed E-state index contributed by atoms with van der Waals surface area (Å²) in [4.78, 5) is 2.57. The van der Waals surface area contributed by atoms with Crippen LogP contribution >= 0.6 is 22.6 Å². The minimum Gasteiger partial charge on any atom is -0.305 e. The van der Waals surface area contributed by atoms with Crippen LogP contribution in [0.2, 0.25) is 0 Å². The minimum atomic E-state index is -3.32. The molecule has 4 nitrogen and oxygen atoms in total. The van der Waals surface area contributed by atoms with Gasteiger partial charge in [-0.1, -0.05) is 0 Å². The Bertz CT molecular complexity index is 501. The average Bonchev–Trinajstić information content (AvgIpc) is 2.55. The van der Waals surface area contributed by atoms with E-state index in [-0.39, 0.29) is 0 Å². The Morgan fingerprint density at radius 1 is 1.06 bits per heavy atom. The quantitative estimate of drug-likeness (QED) is 0.733. The van der Waals surface area contributed by atoms with E-state index < -0.39 is 10.0 Å². The van der Waals surface area contributed by atoms with Gasteiger partial charge >= 0.3 is 0 Å². The van der Waals surface area contributed by atoms with E-state index in [9.17, 15) is 8.42 Å². The molecule has 1 aliphatic heterocycles. The zero-order valence-electron chi connectivity index (χ0n) is 10.3. The number of nitrogens with zero attached hydrogens (tertiary/aromatic N) is 2. The van der Waals surface area contributed by atoms with Crippen LogP contribution in [-0.2, 0) is 10.0 Å². The van der Waals surface area contributed by atoms with Gasteiger partial charge in [0, 0.05) is 23.2 Å². The Morgan fingerprint density at radius 2 is 1.72 bits per heavy atom. The van der Waals surface area contributed by atoms with Gasteiger partial charge in [-0.3, -0.25) is 0 Å². The van der Waals surface area contributed by atoms with Gasteiger partial charge in [0.1, 0.15) is 0 Å². The molecule has 0 bridgehead atoms. The van der Waals surface area contributed by atoms with Gasteiger partial charge in [-0.15, -0.1) is 0 Å². The van der Waals surface area contributed by atoms with Crippen LogP contribution in [0.25, 0.3) is 0 Å². The summed E-state index contributed by atoms with van der Waals surface area (Å²) in [6, 6.07) is 7.03. The Balaban J connectivity index is 2.22. The number of likely N-dealkylation sites (N-methyl/N-ethyl adjacent to an activating group) is 1. The van der Waals surface area contributed by atoms with Crippen molar-refractivity contribution in [2.24, 2.45) is 0 Å². The van der Waals surface area contributed by atoms with E-state index in [0.717, 1.165) is 23.1 Å². The van der Waals surface area contributed by atoms with Gasteiger partial charge < -0.3 is 4.90 Å². The first-order valence-corrected chi connectivity index (χ1v) is 8.46. The Labute approximate surface area is 122 Å². The normalized spacial score (nSPS) is 19.7. The highest BCUT2D eigenvalue weighted by Crippen LogP contribution is 2.18. The second kappa shape index (κ2) is 5.85. The lowest BCUT2D eigenvalue weighted by Crippen LogP contribution is -2.34. The zero-order valence-corrected chi connectivity index (χ0v) is 13.3. The van der Waals surface area contributed by atoms with Crippen molar-refractivity contribution in [3.05, 3.63) is 27.8 Å². The molecule has 1 fully saturated rings. The third-order valence-electron chi connectivity index (χ3n) is 3.13. The third kappa shape index (κ3) is 3.23. The van der Waals surface area contributed by atoms with Gasteiger partial charge in [-0.05, 0) is 66.9 Å². The Morgan fingerprint density at radius 3 is 2.39 bits per heavy atom. The van der Waals surface area contributed by atoms with Crippen LogP contribution in [0, 0.1) is 3.57 Å². The summed E-state index contributed by atoms with van der Waals surface area (Å²) in [7, 11) is -1.29. The predicted octanol–water partition coefficient (Wildman–Crippen LogP) is 1.62. The van der Waals surface area contributed by atoms with Gasteiger partial charge in [-0.25, -0.2) is 8.42 Å². The molecule has 100 valence electrons. The van der Waals surface area contributed by atoms with Crippen LogP contribution < -0.4 is 0 Å². The maximum absolute atomic E-state index is 12.5. The van der Waals surface area contributed by atoms with E-state index >= 15 is 0 Å². The van der Waals surface area contributed by atoms with Crippen LogP contribution in [0.3, 0.4) is 0 Å². The second-order valence-corrected chi connectivity index (χ2v) is 7.70. The number of hydrogen-bond acceptors (Lipinski definition) is 3. The lowest BCUT2D eigenvalue weighted by atomic mass is 10.4. The topological polar surface area (TPSA) is 40.6 Å². The van der Waals surface area contributed by atoms with Crippen molar-refractivity contribution < 1.29 is 8.42 Å². The summed E-state index contributed by atoms with van der Waals surface area (Å²) < 4.78 is 27.6. The summed E-state index contributed by atoms with van der Waals surface area (Å²) >= 11 is 2.17. The molecule has 1 aromatic carbocycles. The first-order valence-electron chi connectivity index (χ1n) is 5.94. The molecule has 0 radical (unpaired) electrons. The van der Waals surface area contributed by atoms with Gasteiger partial charge in [0.15, 0.2) is 0 Å². The number of hydrogen-bond donors (Lipinski definition) is 0. The molecule has 0 atom stereocenters. The van der Waals surface area contributed by atoms with Crippen molar-refractivity contribution in [1.82, 2.24) is 9.21 Å². The van der Waals surface area contributed by atoms with Crippen molar-refractivity contribution in [1.29, 1.82) is 0 Å². The number of sulfonamides is 1. The van der Waals surface area contributed by atoms with E-state index in [2.05, 4.69) is 27.5 Å². The number of halogens is 1. The molecule has 1 heterocycles. The average molecular weight is 380 g/mol. The molecule has 1 aliphatic rings. The third-order valence-corrected chi connectivity index (χ3v) is 5.76. The fraction of sp³-hybridized carbons (Fsp3) is 0.500. The van der Waals surface area contributed by atoms with E-state index in [1.54, 1.807) is 16.4 Å². The smallest absolute Gasteiger partial charge is 0.243 e. The molecule has 18 heavy (non-hydrogen) atoms. The fourth-order valence-electron chi connectivity index (χ4n) is 2.02. The van der Waals surface area contributed by atoms with E-state index in [1.807, 2.05) is 19.2 Å². The molecule has 0 N–H and O–H groups in total. The Hall–Kier alpha value is -0.180. The standard InChI is InChI=1S/C12H17IN2O2S/c1-14-7-2-8-15(10-9-14)18(16,17)12-5-3-11(13)4-6-12/h3-6H,2,7-10H2,1H3. The molecule has 2 rings (SSSR count). The number of rotatable bonds is 2. The molecule has 0 aromatic heterocycles. The largest absolute Gasteiger partial charge is 0.305 e. The van der Waals surface area contributed by atoms with Gasteiger partial charge in [0.2, 0.25) is 10.0 Å². The molecule has 1 aromatic rings. The van der Waals surface area contributed by atoms with E-state index in [0.29, 0.717) is 18.0 Å². The summed E-state index contributed by atoms with van der Waals surface area (Å²) in [5.74, 6) is 0. The van der Waals surface area contributed by atoms with Crippen molar-refractivity contribution in [3.63, 3.8) is 0 Å². The number of benzene rings is 1. The lowest BCUT2D eigenvalue weighted by molar-refractivity contribution is 0.347. The molecule has 0 saturated carbocycles. The van der Waals surface area contributed by atoms with E-state index in [1.165, 1.54) is 0 Å². The molecule has 0 amide bonds. The van der Waals surface area contributed by atoms with Crippen molar-refractivity contribution in [3.8, 4) is 0 Å². The predicted molar refractivity (Wildman–Crippen MR) is 80.0 cm³/mol. The lowest BCUT2D eigenvalue weighted by Gasteiger charge is -2.20. The molecule has 0 aliphatic carbocycles. The van der Waals surface area contributed by atoms with Gasteiger partial charge in [-0.2, -0.15) is 4.31 Å². The minimum absolute atomic E-state index is 0.396. The fourth-order valence-corrected chi connectivity index (χ4v) is 3.85. The highest BCUT2D eigenvalue weighted by Gasteiger charge is 2.25. The van der Waals surface area contributed by atoms with Crippen LogP contribution in [0.5, 0.6) is 0 Å². The van der Waals surface area contributed by atoms with Crippen LogP contribution in [-0.4, -0.2) is 50.8 Å². The van der Waals surface area contributed by atoms with Crippen molar-refractivity contribution >= 4 is 32.6 Å². The SMILES string of the molecule is CN1CCCN(S(=O)(=O)c2ccc(I)cc2)CC1. The van der Waals surface area contributed by atoms with Crippen LogP contribution in [0.1, 0.15) is 6.42 Å². The highest BCUT2D eigenvalue weighted by molar-refractivity contribution is 14.1. The van der Waals surface area contributed by atoms with Gasteiger partial charge in [0.05, 0.1) is 4.90 Å². The highest BCUT2D eigenvalue weighted by atomic mass is 127. The summed E-state index contributed by atoms with van der Waals surface area (Å²) in [6.07, 6.45) is 0.889. The summed E-state index contributed by atoms with van der Waals surface area (Å²) in [6.45, 7) is 2.94. The molecule has 6 heteroatoms. The van der Waals surface area contributed by atoms with Crippen molar-refractivity contribution in [2.75, 3.05) is 33.2 Å². The molecule has 0 spiro atoms. The maximum Gasteiger partial charge on any atom is 0.243 e. The van der Waals surface area contributed by atoms with Crippen LogP contribution in [0.15, 0.2) is 29.2 Å². The first-order chi connectivity index (χ1) is 8.50. The molecular weight excluding hydrogens is 363 g/mol. The summed E-state index contributed by atoms with van der Waals surface area (Å²) in [5, 5.41) is 0.